The third-order valence-electron chi connectivity index (χ3n) is 3.77. The van der Waals surface area contributed by atoms with Gasteiger partial charge in [-0.05, 0) is 17.7 Å². The van der Waals surface area contributed by atoms with Gasteiger partial charge in [-0.2, -0.15) is 4.80 Å². The molecular weight excluding hydrogens is 266 g/mol. The van der Waals surface area contributed by atoms with E-state index in [1.807, 2.05) is 19.1 Å². The van der Waals surface area contributed by atoms with Crippen molar-refractivity contribution in [2.24, 2.45) is 0 Å². The number of aryl methyl sites for hydroxylation is 1. The van der Waals surface area contributed by atoms with Gasteiger partial charge in [-0.3, -0.25) is 9.69 Å². The molecule has 110 valence electrons. The second-order valence-corrected chi connectivity index (χ2v) is 5.31. The van der Waals surface area contributed by atoms with Crippen LogP contribution in [0.2, 0.25) is 0 Å². The molecule has 1 saturated heterocycles. The van der Waals surface area contributed by atoms with Crippen LogP contribution < -0.4 is 0 Å². The van der Waals surface area contributed by atoms with E-state index in [1.54, 1.807) is 4.80 Å². The fraction of sp³-hybridized carbons (Fsp3) is 0.467. The summed E-state index contributed by atoms with van der Waals surface area (Å²) >= 11 is 0. The number of carbonyl (C=O) groups excluding carboxylic acids is 1. The summed E-state index contributed by atoms with van der Waals surface area (Å²) in [5.74, 6) is 1.04. The fourth-order valence-corrected chi connectivity index (χ4v) is 2.47. The van der Waals surface area contributed by atoms with Crippen LogP contribution in [0.15, 0.2) is 24.3 Å². The summed E-state index contributed by atoms with van der Waals surface area (Å²) in [6.45, 7) is 5.33. The molecule has 0 N–H and O–H groups in total. The van der Waals surface area contributed by atoms with Crippen LogP contribution in [-0.4, -0.2) is 44.0 Å². The number of carbonyl (C=O) groups is 1. The van der Waals surface area contributed by atoms with E-state index in [0.29, 0.717) is 24.4 Å². The van der Waals surface area contributed by atoms with Crippen LogP contribution in [0.4, 0.5) is 0 Å². The smallest absolute Gasteiger partial charge is 0.204 e. The van der Waals surface area contributed by atoms with Crippen molar-refractivity contribution in [2.45, 2.75) is 32.9 Å². The highest BCUT2D eigenvalue weighted by Crippen LogP contribution is 2.17. The minimum Gasteiger partial charge on any atom is -0.300 e. The number of Topliss-reactive ketones (excluding diaryl/α,β-unsaturated/α-hetero) is 1. The Bertz CT molecular complexity index is 609. The van der Waals surface area contributed by atoms with Crippen molar-refractivity contribution in [1.82, 2.24) is 25.1 Å². The lowest BCUT2D eigenvalue weighted by Crippen LogP contribution is -2.33. The fourth-order valence-electron chi connectivity index (χ4n) is 2.47. The molecule has 1 fully saturated rings. The van der Waals surface area contributed by atoms with E-state index < -0.39 is 0 Å². The van der Waals surface area contributed by atoms with Crippen LogP contribution in [0.3, 0.4) is 0 Å². The van der Waals surface area contributed by atoms with E-state index in [-0.39, 0.29) is 0 Å². The Hall–Kier alpha value is -2.08. The SMILES string of the molecule is CCn1nnc(-c2ccc(CN3CCC(=O)CC3)cc2)n1. The zero-order valence-corrected chi connectivity index (χ0v) is 12.2. The molecule has 0 atom stereocenters. The van der Waals surface area contributed by atoms with Gasteiger partial charge in [0.2, 0.25) is 5.82 Å². The number of tetrazole rings is 1. The molecule has 0 spiro atoms. The average molecular weight is 285 g/mol. The lowest BCUT2D eigenvalue weighted by Gasteiger charge is -2.25. The van der Waals surface area contributed by atoms with E-state index in [2.05, 4.69) is 32.4 Å². The third kappa shape index (κ3) is 3.33. The number of hydrogen-bond acceptors (Lipinski definition) is 5. The highest BCUT2D eigenvalue weighted by molar-refractivity contribution is 5.79. The monoisotopic (exact) mass is 285 g/mol. The molecule has 0 unspecified atom stereocenters. The van der Waals surface area contributed by atoms with Crippen LogP contribution in [0.5, 0.6) is 0 Å². The van der Waals surface area contributed by atoms with Crippen molar-refractivity contribution >= 4 is 5.78 Å². The van der Waals surface area contributed by atoms with Gasteiger partial charge in [-0.1, -0.05) is 24.3 Å². The summed E-state index contributed by atoms with van der Waals surface area (Å²) in [4.78, 5) is 15.1. The van der Waals surface area contributed by atoms with Gasteiger partial charge >= 0.3 is 0 Å². The molecule has 1 aliphatic rings. The van der Waals surface area contributed by atoms with Gasteiger partial charge in [-0.25, -0.2) is 0 Å². The van der Waals surface area contributed by atoms with Gasteiger partial charge in [0.15, 0.2) is 0 Å². The number of rotatable bonds is 4. The zero-order valence-electron chi connectivity index (χ0n) is 12.2. The Morgan fingerprint density at radius 1 is 1.14 bits per heavy atom. The second kappa shape index (κ2) is 6.13. The summed E-state index contributed by atoms with van der Waals surface area (Å²) in [5.41, 5.74) is 2.23. The molecule has 1 aliphatic heterocycles. The maximum Gasteiger partial charge on any atom is 0.204 e. The predicted octanol–water partition coefficient (Wildman–Crippen LogP) is 1.52. The Labute approximate surface area is 123 Å². The lowest BCUT2D eigenvalue weighted by molar-refractivity contribution is -0.121. The maximum absolute atomic E-state index is 11.2. The minimum absolute atomic E-state index is 0.381. The molecule has 3 rings (SSSR count). The van der Waals surface area contributed by atoms with Crippen molar-refractivity contribution in [3.05, 3.63) is 29.8 Å². The van der Waals surface area contributed by atoms with Gasteiger partial charge in [0.1, 0.15) is 5.78 Å². The van der Waals surface area contributed by atoms with E-state index in [4.69, 9.17) is 0 Å². The molecule has 0 bridgehead atoms. The number of aromatic nitrogens is 4. The highest BCUT2D eigenvalue weighted by Gasteiger charge is 2.16. The zero-order chi connectivity index (χ0) is 14.7. The van der Waals surface area contributed by atoms with Gasteiger partial charge < -0.3 is 0 Å². The van der Waals surface area contributed by atoms with Crippen molar-refractivity contribution < 1.29 is 4.79 Å². The quantitative estimate of drug-likeness (QED) is 0.852. The van der Waals surface area contributed by atoms with Gasteiger partial charge in [0.25, 0.3) is 0 Å². The first kappa shape index (κ1) is 13.9. The predicted molar refractivity (Wildman–Crippen MR) is 78.4 cm³/mol. The second-order valence-electron chi connectivity index (χ2n) is 5.31. The molecule has 1 aromatic heterocycles. The van der Waals surface area contributed by atoms with Crippen molar-refractivity contribution in [2.75, 3.05) is 13.1 Å². The largest absolute Gasteiger partial charge is 0.300 e. The molecule has 1 aromatic carbocycles. The normalized spacial score (nSPS) is 16.3. The molecule has 6 heteroatoms. The number of hydrogen-bond donors (Lipinski definition) is 0. The first-order chi connectivity index (χ1) is 10.2. The first-order valence-corrected chi connectivity index (χ1v) is 7.36. The summed E-state index contributed by atoms with van der Waals surface area (Å²) in [6.07, 6.45) is 1.37. The summed E-state index contributed by atoms with van der Waals surface area (Å²) < 4.78 is 0. The number of likely N-dealkylation sites (tertiary alicyclic amines) is 1. The van der Waals surface area contributed by atoms with Crippen LogP contribution in [0.25, 0.3) is 11.4 Å². The molecule has 2 aromatic rings. The van der Waals surface area contributed by atoms with E-state index in [0.717, 1.165) is 31.7 Å². The average Bonchev–Trinajstić information content (AvgIpc) is 2.99. The minimum atomic E-state index is 0.381. The first-order valence-electron chi connectivity index (χ1n) is 7.36. The highest BCUT2D eigenvalue weighted by atomic mass is 16.1. The van der Waals surface area contributed by atoms with Crippen LogP contribution in [0.1, 0.15) is 25.3 Å². The van der Waals surface area contributed by atoms with Crippen LogP contribution >= 0.6 is 0 Å². The molecular formula is C15H19N5O. The Kier molecular flexibility index (Phi) is 4.06. The summed E-state index contributed by atoms with van der Waals surface area (Å²) in [5, 5.41) is 12.3. The summed E-state index contributed by atoms with van der Waals surface area (Å²) in [6, 6.07) is 8.25. The van der Waals surface area contributed by atoms with Crippen LogP contribution in [-0.2, 0) is 17.9 Å². The van der Waals surface area contributed by atoms with Crippen molar-refractivity contribution in [1.29, 1.82) is 0 Å². The number of piperidine rings is 1. The molecule has 0 radical (unpaired) electrons. The third-order valence-corrected chi connectivity index (χ3v) is 3.77. The Morgan fingerprint density at radius 3 is 2.48 bits per heavy atom. The standard InChI is InChI=1S/C15H19N5O/c1-2-20-17-15(16-18-20)13-5-3-12(4-6-13)11-19-9-7-14(21)8-10-19/h3-6H,2,7-11H2,1H3. The van der Waals surface area contributed by atoms with Crippen molar-refractivity contribution in [3.63, 3.8) is 0 Å². The van der Waals surface area contributed by atoms with Crippen LogP contribution in [0, 0.1) is 0 Å². The van der Waals surface area contributed by atoms with E-state index in [9.17, 15) is 4.79 Å². The Balaban J connectivity index is 1.65. The number of benzene rings is 1. The number of ketones is 1. The maximum atomic E-state index is 11.2. The van der Waals surface area contributed by atoms with E-state index in [1.165, 1.54) is 5.56 Å². The van der Waals surface area contributed by atoms with E-state index >= 15 is 0 Å². The van der Waals surface area contributed by atoms with Gasteiger partial charge in [0.05, 0.1) is 6.54 Å². The van der Waals surface area contributed by atoms with Gasteiger partial charge in [-0.15, -0.1) is 10.2 Å². The summed E-state index contributed by atoms with van der Waals surface area (Å²) in [7, 11) is 0. The molecule has 6 nitrogen and oxygen atoms in total. The van der Waals surface area contributed by atoms with Crippen molar-refractivity contribution in [3.8, 4) is 11.4 Å². The lowest BCUT2D eigenvalue weighted by atomic mass is 10.1. The Morgan fingerprint density at radius 2 is 1.86 bits per heavy atom. The van der Waals surface area contributed by atoms with Gasteiger partial charge in [0, 0.05) is 38.0 Å². The molecule has 21 heavy (non-hydrogen) atoms. The topological polar surface area (TPSA) is 63.9 Å². The molecule has 0 aliphatic carbocycles. The molecule has 2 heterocycles. The molecule has 0 amide bonds. The number of nitrogens with zero attached hydrogens (tertiary/aromatic N) is 5. The molecule has 0 saturated carbocycles.